The third-order valence-corrected chi connectivity index (χ3v) is 3.68. The second kappa shape index (κ2) is 7.12. The Morgan fingerprint density at radius 3 is 3.06 bits per heavy atom. The first-order valence-electron chi connectivity index (χ1n) is 6.51. The predicted octanol–water partition coefficient (Wildman–Crippen LogP) is 2.94. The number of para-hydroxylation sites is 1. The van der Waals surface area contributed by atoms with Crippen molar-refractivity contribution in [3.05, 3.63) is 28.7 Å². The number of halogens is 1. The number of hydrogen-bond donors (Lipinski definition) is 0. The van der Waals surface area contributed by atoms with Gasteiger partial charge in [0.1, 0.15) is 18.5 Å². The maximum Gasteiger partial charge on any atom is 0.133 e. The van der Waals surface area contributed by atoms with Crippen LogP contribution in [-0.2, 0) is 4.74 Å². The summed E-state index contributed by atoms with van der Waals surface area (Å²) < 4.78 is 12.5. The van der Waals surface area contributed by atoms with Gasteiger partial charge >= 0.3 is 0 Å². The highest BCUT2D eigenvalue weighted by atomic mass is 79.9. The van der Waals surface area contributed by atoms with Gasteiger partial charge in [0.2, 0.25) is 0 Å². The van der Waals surface area contributed by atoms with E-state index in [1.54, 1.807) is 0 Å². The van der Waals surface area contributed by atoms with E-state index in [0.29, 0.717) is 6.61 Å². The average molecular weight is 314 g/mol. The lowest BCUT2D eigenvalue weighted by atomic mass is 10.2. The molecule has 0 saturated carbocycles. The summed E-state index contributed by atoms with van der Waals surface area (Å²) in [5, 5.41) is 0. The molecule has 0 N–H and O–H groups in total. The summed E-state index contributed by atoms with van der Waals surface area (Å²) in [6.07, 6.45) is 1.37. The minimum Gasteiger partial charge on any atom is -0.490 e. The van der Waals surface area contributed by atoms with Crippen LogP contribution in [0, 0.1) is 0 Å². The molecule has 0 aromatic heterocycles. The summed E-state index contributed by atoms with van der Waals surface area (Å²) >= 11 is 3.48. The summed E-state index contributed by atoms with van der Waals surface area (Å²) in [6.45, 7) is 6.79. The highest BCUT2D eigenvalue weighted by Gasteiger charge is 2.20. The van der Waals surface area contributed by atoms with Gasteiger partial charge in [0.25, 0.3) is 0 Å². The average Bonchev–Trinajstić information content (AvgIpc) is 2.39. The molecule has 4 heteroatoms. The standard InChI is InChI=1S/C14H20BrNO2/c1-2-7-16-8-9-17-12(10-16)11-18-14-6-4-3-5-13(14)15/h3-6,12H,2,7-11H2,1H3/t12-/m0/s1. The van der Waals surface area contributed by atoms with Crippen molar-refractivity contribution in [2.24, 2.45) is 0 Å². The number of benzene rings is 1. The van der Waals surface area contributed by atoms with Gasteiger partial charge in [-0.2, -0.15) is 0 Å². The third kappa shape index (κ3) is 3.97. The molecule has 0 aliphatic carbocycles. The van der Waals surface area contributed by atoms with Gasteiger partial charge in [0.05, 0.1) is 11.1 Å². The normalized spacial score (nSPS) is 20.9. The highest BCUT2D eigenvalue weighted by Crippen LogP contribution is 2.24. The van der Waals surface area contributed by atoms with E-state index in [4.69, 9.17) is 9.47 Å². The summed E-state index contributed by atoms with van der Waals surface area (Å²) in [7, 11) is 0. The van der Waals surface area contributed by atoms with E-state index in [2.05, 4.69) is 27.8 Å². The Hall–Kier alpha value is -0.580. The predicted molar refractivity (Wildman–Crippen MR) is 76.1 cm³/mol. The van der Waals surface area contributed by atoms with Gasteiger partial charge in [-0.1, -0.05) is 19.1 Å². The Labute approximate surface area is 117 Å². The zero-order chi connectivity index (χ0) is 12.8. The molecule has 1 heterocycles. The van der Waals surface area contributed by atoms with Crippen LogP contribution in [0.25, 0.3) is 0 Å². The lowest BCUT2D eigenvalue weighted by Crippen LogP contribution is -2.45. The molecule has 0 unspecified atom stereocenters. The number of rotatable bonds is 5. The van der Waals surface area contributed by atoms with E-state index in [1.807, 2.05) is 24.3 Å². The van der Waals surface area contributed by atoms with Crippen molar-refractivity contribution in [1.82, 2.24) is 4.90 Å². The topological polar surface area (TPSA) is 21.7 Å². The Kier molecular flexibility index (Phi) is 5.47. The van der Waals surface area contributed by atoms with E-state index in [-0.39, 0.29) is 6.10 Å². The molecule has 1 aliphatic rings. The molecule has 0 radical (unpaired) electrons. The maximum atomic E-state index is 5.80. The molecule has 0 spiro atoms. The molecule has 1 aromatic carbocycles. The summed E-state index contributed by atoms with van der Waals surface area (Å²) in [4.78, 5) is 2.44. The lowest BCUT2D eigenvalue weighted by Gasteiger charge is -2.32. The van der Waals surface area contributed by atoms with E-state index >= 15 is 0 Å². The monoisotopic (exact) mass is 313 g/mol. The molecule has 1 saturated heterocycles. The Morgan fingerprint density at radius 2 is 2.28 bits per heavy atom. The van der Waals surface area contributed by atoms with Gasteiger partial charge in [-0.25, -0.2) is 0 Å². The van der Waals surface area contributed by atoms with E-state index in [1.165, 1.54) is 6.42 Å². The van der Waals surface area contributed by atoms with E-state index in [0.717, 1.165) is 36.5 Å². The summed E-state index contributed by atoms with van der Waals surface area (Å²) in [5.74, 6) is 0.883. The van der Waals surface area contributed by atoms with Crippen LogP contribution in [0.2, 0.25) is 0 Å². The first-order valence-corrected chi connectivity index (χ1v) is 7.30. The van der Waals surface area contributed by atoms with Crippen molar-refractivity contribution >= 4 is 15.9 Å². The number of hydrogen-bond acceptors (Lipinski definition) is 3. The zero-order valence-electron chi connectivity index (χ0n) is 10.8. The van der Waals surface area contributed by atoms with Crippen molar-refractivity contribution in [2.75, 3.05) is 32.8 Å². The first-order chi connectivity index (χ1) is 8.79. The fraction of sp³-hybridized carbons (Fsp3) is 0.571. The van der Waals surface area contributed by atoms with Crippen LogP contribution in [0.5, 0.6) is 5.75 Å². The SMILES string of the molecule is CCCN1CCO[C@H](COc2ccccc2Br)C1. The molecular formula is C14H20BrNO2. The van der Waals surface area contributed by atoms with Gasteiger partial charge in [-0.05, 0) is 41.0 Å². The quantitative estimate of drug-likeness (QED) is 0.834. The smallest absolute Gasteiger partial charge is 0.133 e. The largest absolute Gasteiger partial charge is 0.490 e. The molecule has 2 rings (SSSR count). The van der Waals surface area contributed by atoms with Crippen LogP contribution in [0.3, 0.4) is 0 Å². The summed E-state index contributed by atoms with van der Waals surface area (Å²) in [6, 6.07) is 7.92. The Morgan fingerprint density at radius 1 is 1.44 bits per heavy atom. The minimum atomic E-state index is 0.178. The third-order valence-electron chi connectivity index (χ3n) is 3.02. The van der Waals surface area contributed by atoms with Gasteiger partial charge in [0, 0.05) is 13.1 Å². The van der Waals surface area contributed by atoms with Crippen LogP contribution in [-0.4, -0.2) is 43.9 Å². The number of morpholine rings is 1. The van der Waals surface area contributed by atoms with Crippen LogP contribution in [0.4, 0.5) is 0 Å². The lowest BCUT2D eigenvalue weighted by molar-refractivity contribution is -0.0478. The fourth-order valence-corrected chi connectivity index (χ4v) is 2.54. The summed E-state index contributed by atoms with van der Waals surface area (Å²) in [5.41, 5.74) is 0. The molecule has 1 fully saturated rings. The van der Waals surface area contributed by atoms with Gasteiger partial charge < -0.3 is 9.47 Å². The fourth-order valence-electron chi connectivity index (χ4n) is 2.15. The van der Waals surface area contributed by atoms with Gasteiger partial charge in [0.15, 0.2) is 0 Å². The van der Waals surface area contributed by atoms with Gasteiger partial charge in [-0.3, -0.25) is 4.90 Å². The Bertz CT molecular complexity index is 371. The highest BCUT2D eigenvalue weighted by molar-refractivity contribution is 9.10. The van der Waals surface area contributed by atoms with Crippen LogP contribution < -0.4 is 4.74 Å². The molecule has 100 valence electrons. The second-order valence-electron chi connectivity index (χ2n) is 4.53. The van der Waals surface area contributed by atoms with Crippen molar-refractivity contribution in [3.8, 4) is 5.75 Å². The van der Waals surface area contributed by atoms with Crippen molar-refractivity contribution < 1.29 is 9.47 Å². The van der Waals surface area contributed by atoms with E-state index in [9.17, 15) is 0 Å². The van der Waals surface area contributed by atoms with Crippen LogP contribution >= 0.6 is 15.9 Å². The minimum absolute atomic E-state index is 0.178. The number of nitrogens with zero attached hydrogens (tertiary/aromatic N) is 1. The second-order valence-corrected chi connectivity index (χ2v) is 5.39. The van der Waals surface area contributed by atoms with E-state index < -0.39 is 0 Å². The molecule has 1 aliphatic heterocycles. The molecule has 3 nitrogen and oxygen atoms in total. The molecular weight excluding hydrogens is 294 g/mol. The van der Waals surface area contributed by atoms with Crippen molar-refractivity contribution in [3.63, 3.8) is 0 Å². The van der Waals surface area contributed by atoms with Crippen LogP contribution in [0.1, 0.15) is 13.3 Å². The zero-order valence-corrected chi connectivity index (χ0v) is 12.4. The molecule has 18 heavy (non-hydrogen) atoms. The molecule has 1 aromatic rings. The molecule has 0 bridgehead atoms. The Balaban J connectivity index is 1.81. The first kappa shape index (κ1) is 13.8. The van der Waals surface area contributed by atoms with Crippen molar-refractivity contribution in [2.45, 2.75) is 19.4 Å². The molecule has 1 atom stereocenters. The van der Waals surface area contributed by atoms with Crippen molar-refractivity contribution in [1.29, 1.82) is 0 Å². The van der Waals surface area contributed by atoms with Gasteiger partial charge in [-0.15, -0.1) is 0 Å². The van der Waals surface area contributed by atoms with Crippen LogP contribution in [0.15, 0.2) is 28.7 Å². The maximum absolute atomic E-state index is 5.80. The number of ether oxygens (including phenoxy) is 2. The molecule has 0 amide bonds.